The number of fused-ring (bicyclic) bond motifs is 3. The van der Waals surface area contributed by atoms with E-state index in [4.69, 9.17) is 16.5 Å². The minimum atomic E-state index is -0.475. The molecule has 0 saturated carbocycles. The summed E-state index contributed by atoms with van der Waals surface area (Å²) in [6, 6.07) is 0. The molecule has 4 N–H and O–H groups in total. The number of anilines is 2. The molecule has 2 aromatic heterocycles. The number of rotatable bonds is 3. The molecule has 0 spiro atoms. The molecule has 0 saturated heterocycles. The van der Waals surface area contributed by atoms with Crippen LogP contribution in [0.25, 0.3) is 10.2 Å². The molecule has 1 aliphatic carbocycles. The van der Waals surface area contributed by atoms with Crippen LogP contribution in [0.3, 0.4) is 0 Å². The zero-order valence-corrected chi connectivity index (χ0v) is 14.3. The largest absolute Gasteiger partial charge is 0.397 e. The quantitative estimate of drug-likeness (QED) is 0.911. The maximum absolute atomic E-state index is 11.6. The van der Waals surface area contributed by atoms with Gasteiger partial charge in [-0.15, -0.1) is 11.3 Å². The van der Waals surface area contributed by atoms with E-state index in [1.807, 2.05) is 7.05 Å². The first-order chi connectivity index (χ1) is 10.2. The van der Waals surface area contributed by atoms with Crippen LogP contribution in [0.15, 0.2) is 0 Å². The van der Waals surface area contributed by atoms with E-state index in [0.29, 0.717) is 10.6 Å². The molecule has 0 bridgehead atoms. The lowest BCUT2D eigenvalue weighted by Gasteiger charge is -2.20. The summed E-state index contributed by atoms with van der Waals surface area (Å²) >= 11 is 1.30. The van der Waals surface area contributed by atoms with Gasteiger partial charge in [-0.3, -0.25) is 4.79 Å². The van der Waals surface area contributed by atoms with Gasteiger partial charge in [-0.25, -0.2) is 4.98 Å². The Hall–Kier alpha value is -1.82. The monoisotopic (exact) mass is 318 g/mol. The van der Waals surface area contributed by atoms with Gasteiger partial charge in [0.2, 0.25) is 0 Å². The van der Waals surface area contributed by atoms with Crippen LogP contribution in [-0.2, 0) is 12.8 Å². The average molecular weight is 318 g/mol. The second-order valence-electron chi connectivity index (χ2n) is 6.81. The van der Waals surface area contributed by atoms with Gasteiger partial charge in [-0.2, -0.15) is 0 Å². The zero-order chi connectivity index (χ0) is 16.2. The summed E-state index contributed by atoms with van der Waals surface area (Å²) in [5.41, 5.74) is 14.9. The second-order valence-corrected chi connectivity index (χ2v) is 7.81. The molecule has 0 fully saturated rings. The van der Waals surface area contributed by atoms with Crippen molar-refractivity contribution in [3.05, 3.63) is 16.0 Å². The Morgan fingerprint density at radius 1 is 1.36 bits per heavy atom. The molecule has 6 heteroatoms. The summed E-state index contributed by atoms with van der Waals surface area (Å²) in [6.07, 6.45) is 1.93. The van der Waals surface area contributed by atoms with E-state index in [1.54, 1.807) is 0 Å². The van der Waals surface area contributed by atoms with Crippen molar-refractivity contribution in [3.8, 4) is 0 Å². The maximum atomic E-state index is 11.6. The number of nitrogens with two attached hydrogens (primary N) is 2. The van der Waals surface area contributed by atoms with Crippen LogP contribution in [0, 0.1) is 5.41 Å². The Balaban J connectivity index is 2.35. The third-order valence-corrected chi connectivity index (χ3v) is 5.55. The molecule has 2 heterocycles. The predicted molar refractivity (Wildman–Crippen MR) is 92.7 cm³/mol. The summed E-state index contributed by atoms with van der Waals surface area (Å²) in [5, 5.41) is 0.938. The lowest BCUT2D eigenvalue weighted by Crippen LogP contribution is -2.19. The van der Waals surface area contributed by atoms with Crippen molar-refractivity contribution >= 4 is 39.0 Å². The van der Waals surface area contributed by atoms with E-state index in [1.165, 1.54) is 22.5 Å². The number of nitrogen functional groups attached to an aromatic ring is 1. The SMILES string of the molecule is CCN(C)c1nc2sc(C(N)=O)c(N)c2c2c1CC(C)(C)C2. The number of hydrogen-bond acceptors (Lipinski definition) is 5. The molecule has 1 amide bonds. The molecule has 0 radical (unpaired) electrons. The number of amides is 1. The zero-order valence-electron chi connectivity index (χ0n) is 13.5. The minimum absolute atomic E-state index is 0.183. The van der Waals surface area contributed by atoms with E-state index in [9.17, 15) is 4.79 Å². The number of nitrogens with zero attached hydrogens (tertiary/aromatic N) is 2. The molecule has 0 atom stereocenters. The first kappa shape index (κ1) is 15.1. The molecular weight excluding hydrogens is 296 g/mol. The Morgan fingerprint density at radius 2 is 2.00 bits per heavy atom. The topological polar surface area (TPSA) is 85.2 Å². The van der Waals surface area contributed by atoms with Crippen LogP contribution in [0.2, 0.25) is 0 Å². The lowest BCUT2D eigenvalue weighted by molar-refractivity contribution is 0.100. The van der Waals surface area contributed by atoms with Gasteiger partial charge in [-0.05, 0) is 36.3 Å². The molecule has 5 nitrogen and oxygen atoms in total. The highest BCUT2D eigenvalue weighted by Gasteiger charge is 2.35. The molecule has 0 aliphatic heterocycles. The van der Waals surface area contributed by atoms with Gasteiger partial charge < -0.3 is 16.4 Å². The molecule has 0 aromatic carbocycles. The number of primary amides is 1. The normalized spacial score (nSPS) is 16.0. The van der Waals surface area contributed by atoms with Crippen LogP contribution >= 0.6 is 11.3 Å². The van der Waals surface area contributed by atoms with Crippen molar-refractivity contribution in [1.82, 2.24) is 4.98 Å². The summed E-state index contributed by atoms with van der Waals surface area (Å²) in [6.45, 7) is 7.50. The first-order valence-corrected chi connectivity index (χ1v) is 8.31. The lowest BCUT2D eigenvalue weighted by atomic mass is 9.90. The number of carbonyl (C=O) groups is 1. The van der Waals surface area contributed by atoms with Crippen molar-refractivity contribution in [2.24, 2.45) is 11.1 Å². The van der Waals surface area contributed by atoms with Crippen molar-refractivity contribution in [2.75, 3.05) is 24.2 Å². The van der Waals surface area contributed by atoms with Gasteiger partial charge in [0.1, 0.15) is 15.5 Å². The third-order valence-electron chi connectivity index (χ3n) is 4.44. The highest BCUT2D eigenvalue weighted by Crippen LogP contribution is 2.47. The van der Waals surface area contributed by atoms with E-state index < -0.39 is 5.91 Å². The standard InChI is InChI=1S/C16H22N4OS/c1-5-20(4)14-9-7-16(2,3)6-8(9)10-11(17)12(13(18)21)22-15(10)19-14/h5-7,17H2,1-4H3,(H2,18,21). The number of thiophene rings is 1. The molecule has 3 rings (SSSR count). The fourth-order valence-corrected chi connectivity index (χ4v) is 4.27. The molecule has 2 aromatic rings. The highest BCUT2D eigenvalue weighted by molar-refractivity contribution is 7.21. The summed E-state index contributed by atoms with van der Waals surface area (Å²) in [5.74, 6) is 0.532. The van der Waals surface area contributed by atoms with E-state index in [-0.39, 0.29) is 5.41 Å². The van der Waals surface area contributed by atoms with Crippen LogP contribution < -0.4 is 16.4 Å². The summed E-state index contributed by atoms with van der Waals surface area (Å²) in [7, 11) is 2.05. The van der Waals surface area contributed by atoms with Crippen molar-refractivity contribution in [1.29, 1.82) is 0 Å². The van der Waals surface area contributed by atoms with Crippen LogP contribution in [0.5, 0.6) is 0 Å². The van der Waals surface area contributed by atoms with Gasteiger partial charge in [0.05, 0.1) is 5.69 Å². The number of pyridine rings is 1. The smallest absolute Gasteiger partial charge is 0.260 e. The van der Waals surface area contributed by atoms with Gasteiger partial charge in [0.25, 0.3) is 5.91 Å². The van der Waals surface area contributed by atoms with Crippen LogP contribution in [0.4, 0.5) is 11.5 Å². The molecule has 0 unspecified atom stereocenters. The van der Waals surface area contributed by atoms with E-state index >= 15 is 0 Å². The van der Waals surface area contributed by atoms with E-state index in [0.717, 1.165) is 35.4 Å². The molecule has 1 aliphatic rings. The van der Waals surface area contributed by atoms with Gasteiger partial charge >= 0.3 is 0 Å². The van der Waals surface area contributed by atoms with Gasteiger partial charge in [-0.1, -0.05) is 13.8 Å². The first-order valence-electron chi connectivity index (χ1n) is 7.50. The van der Waals surface area contributed by atoms with Crippen LogP contribution in [0.1, 0.15) is 41.6 Å². The average Bonchev–Trinajstić information content (AvgIpc) is 2.93. The summed E-state index contributed by atoms with van der Waals surface area (Å²) < 4.78 is 0. The molecule has 22 heavy (non-hydrogen) atoms. The van der Waals surface area contributed by atoms with Crippen LogP contribution in [-0.4, -0.2) is 24.5 Å². The fraction of sp³-hybridized carbons (Fsp3) is 0.500. The van der Waals surface area contributed by atoms with Crippen molar-refractivity contribution < 1.29 is 4.79 Å². The maximum Gasteiger partial charge on any atom is 0.260 e. The Bertz CT molecular complexity index is 778. The van der Waals surface area contributed by atoms with E-state index in [2.05, 4.69) is 25.7 Å². The Labute approximate surface area is 134 Å². The van der Waals surface area contributed by atoms with Gasteiger partial charge in [0, 0.05) is 19.0 Å². The number of carbonyl (C=O) groups excluding carboxylic acids is 1. The minimum Gasteiger partial charge on any atom is -0.397 e. The van der Waals surface area contributed by atoms with Crippen molar-refractivity contribution in [3.63, 3.8) is 0 Å². The Kier molecular flexibility index (Phi) is 3.32. The van der Waals surface area contributed by atoms with Crippen molar-refractivity contribution in [2.45, 2.75) is 33.6 Å². The Morgan fingerprint density at radius 3 is 2.59 bits per heavy atom. The third kappa shape index (κ3) is 2.13. The fourth-order valence-electron chi connectivity index (χ4n) is 3.30. The van der Waals surface area contributed by atoms with Gasteiger partial charge in [0.15, 0.2) is 0 Å². The number of aromatic nitrogens is 1. The molecular formula is C16H22N4OS. The molecule has 118 valence electrons. The summed E-state index contributed by atoms with van der Waals surface area (Å²) in [4.78, 5) is 19.8. The number of hydrogen-bond donors (Lipinski definition) is 2. The predicted octanol–water partition coefficient (Wildman–Crippen LogP) is 2.56. The second kappa shape index (κ2) is 4.84. The highest BCUT2D eigenvalue weighted by atomic mass is 32.1.